The average Bonchev–Trinajstić information content (AvgIpc) is 3.00. The van der Waals surface area contributed by atoms with Crippen LogP contribution >= 0.6 is 11.8 Å². The molecule has 8 heteroatoms. The quantitative estimate of drug-likeness (QED) is 0.745. The molecule has 2 saturated heterocycles. The van der Waals surface area contributed by atoms with Crippen molar-refractivity contribution in [2.24, 2.45) is 5.92 Å². The fourth-order valence-corrected chi connectivity index (χ4v) is 4.64. The van der Waals surface area contributed by atoms with Crippen LogP contribution in [0.5, 0.6) is 0 Å². The van der Waals surface area contributed by atoms with Crippen molar-refractivity contribution in [1.82, 2.24) is 19.9 Å². The molecule has 2 unspecified atom stereocenters. The van der Waals surface area contributed by atoms with E-state index in [1.807, 2.05) is 4.90 Å². The molecule has 0 radical (unpaired) electrons. The highest BCUT2D eigenvalue weighted by atomic mass is 32.2. The van der Waals surface area contributed by atoms with Crippen molar-refractivity contribution in [2.75, 3.05) is 38.5 Å². The highest BCUT2D eigenvalue weighted by Gasteiger charge is 2.27. The number of aromatic nitrogens is 2. The molecule has 2 aliphatic rings. The van der Waals surface area contributed by atoms with E-state index in [4.69, 9.17) is 9.26 Å². The van der Waals surface area contributed by atoms with Crippen molar-refractivity contribution in [2.45, 2.75) is 51.6 Å². The summed E-state index contributed by atoms with van der Waals surface area (Å²) in [6.07, 6.45) is 2.84. The Kier molecular flexibility index (Phi) is 6.94. The number of ether oxygens (including phenoxy) is 1. The number of rotatable bonds is 6. The summed E-state index contributed by atoms with van der Waals surface area (Å²) in [5.41, 5.74) is 0. The van der Waals surface area contributed by atoms with Gasteiger partial charge in [-0.1, -0.05) is 5.16 Å². The lowest BCUT2D eigenvalue weighted by Crippen LogP contribution is -2.48. The molecule has 2 aliphatic heterocycles. The van der Waals surface area contributed by atoms with Crippen LogP contribution < -0.4 is 0 Å². The molecule has 3 heterocycles. The first-order chi connectivity index (χ1) is 12.5. The highest BCUT2D eigenvalue weighted by Crippen LogP contribution is 2.22. The second-order valence-corrected chi connectivity index (χ2v) is 8.51. The molecule has 0 spiro atoms. The molecular formula is C18H30N4O3S. The summed E-state index contributed by atoms with van der Waals surface area (Å²) in [5, 5.41) is 3.86. The van der Waals surface area contributed by atoms with Crippen molar-refractivity contribution in [3.05, 3.63) is 11.7 Å². The van der Waals surface area contributed by atoms with Crippen LogP contribution in [0.1, 0.15) is 38.4 Å². The maximum absolute atomic E-state index is 12.4. The van der Waals surface area contributed by atoms with Crippen molar-refractivity contribution >= 4 is 17.7 Å². The number of thioether (sulfide) groups is 1. The van der Waals surface area contributed by atoms with Crippen LogP contribution in [0.3, 0.4) is 0 Å². The van der Waals surface area contributed by atoms with Crippen molar-refractivity contribution < 1.29 is 14.1 Å². The Morgan fingerprint density at radius 2 is 1.92 bits per heavy atom. The Labute approximate surface area is 159 Å². The molecule has 26 heavy (non-hydrogen) atoms. The van der Waals surface area contributed by atoms with Gasteiger partial charge in [0.15, 0.2) is 5.82 Å². The van der Waals surface area contributed by atoms with Crippen LogP contribution in [0.15, 0.2) is 4.52 Å². The van der Waals surface area contributed by atoms with Crippen LogP contribution in [-0.2, 0) is 15.3 Å². The van der Waals surface area contributed by atoms with Crippen molar-refractivity contribution in [1.29, 1.82) is 0 Å². The predicted octanol–water partition coefficient (Wildman–Crippen LogP) is 1.96. The van der Waals surface area contributed by atoms with Crippen molar-refractivity contribution in [3.8, 4) is 0 Å². The van der Waals surface area contributed by atoms with Gasteiger partial charge in [-0.3, -0.25) is 9.69 Å². The van der Waals surface area contributed by atoms with Crippen LogP contribution in [0.25, 0.3) is 0 Å². The zero-order valence-electron chi connectivity index (χ0n) is 16.0. The minimum absolute atomic E-state index is 0.224. The normalized spacial score (nSPS) is 25.6. The Hall–Kier alpha value is -1.12. The summed E-state index contributed by atoms with van der Waals surface area (Å²) in [6.45, 7) is 11.0. The SMILES string of the molecule is Cc1nc(CSCC(=O)N2CCC(CN3CC(C)OC(C)C3)CC2)no1. The van der Waals surface area contributed by atoms with Crippen LogP contribution in [0.2, 0.25) is 0 Å². The number of likely N-dealkylation sites (tertiary alicyclic amines) is 1. The highest BCUT2D eigenvalue weighted by molar-refractivity contribution is 7.99. The summed E-state index contributed by atoms with van der Waals surface area (Å²) in [4.78, 5) is 21.1. The first-order valence-corrected chi connectivity index (χ1v) is 10.7. The average molecular weight is 383 g/mol. The monoisotopic (exact) mass is 382 g/mol. The smallest absolute Gasteiger partial charge is 0.232 e. The van der Waals surface area contributed by atoms with Crippen molar-refractivity contribution in [3.63, 3.8) is 0 Å². The van der Waals surface area contributed by atoms with Crippen LogP contribution in [0, 0.1) is 12.8 Å². The van der Waals surface area contributed by atoms with Gasteiger partial charge in [0.05, 0.1) is 23.7 Å². The molecule has 0 bridgehead atoms. The number of morpholine rings is 1. The fraction of sp³-hybridized carbons (Fsp3) is 0.833. The van der Waals surface area contributed by atoms with Gasteiger partial charge in [-0.05, 0) is 32.6 Å². The maximum atomic E-state index is 12.4. The zero-order valence-corrected chi connectivity index (χ0v) is 16.8. The molecule has 0 N–H and O–H groups in total. The second-order valence-electron chi connectivity index (χ2n) is 7.52. The number of nitrogens with zero attached hydrogens (tertiary/aromatic N) is 4. The third-order valence-corrected chi connectivity index (χ3v) is 5.92. The molecule has 1 aromatic rings. The number of aryl methyl sites for hydroxylation is 1. The van der Waals surface area contributed by atoms with E-state index < -0.39 is 0 Å². The molecule has 0 aromatic carbocycles. The summed E-state index contributed by atoms with van der Waals surface area (Å²) in [6, 6.07) is 0. The van der Waals surface area contributed by atoms with Gasteiger partial charge in [-0.2, -0.15) is 4.98 Å². The van der Waals surface area contributed by atoms with Gasteiger partial charge >= 0.3 is 0 Å². The largest absolute Gasteiger partial charge is 0.373 e. The molecule has 0 saturated carbocycles. The second kappa shape index (κ2) is 9.19. The van der Waals surface area contributed by atoms with E-state index in [0.717, 1.165) is 45.6 Å². The van der Waals surface area contributed by atoms with Gasteiger partial charge in [-0.25, -0.2) is 0 Å². The topological polar surface area (TPSA) is 71.7 Å². The fourth-order valence-electron chi connectivity index (χ4n) is 3.88. The predicted molar refractivity (Wildman–Crippen MR) is 101 cm³/mol. The lowest BCUT2D eigenvalue weighted by atomic mass is 9.95. The number of carbonyl (C=O) groups is 1. The molecule has 3 rings (SSSR count). The Morgan fingerprint density at radius 1 is 1.23 bits per heavy atom. The molecule has 146 valence electrons. The lowest BCUT2D eigenvalue weighted by molar-refractivity contribution is -0.129. The third kappa shape index (κ3) is 5.69. The van der Waals surface area contributed by atoms with Crippen LogP contribution in [-0.4, -0.2) is 76.5 Å². The summed E-state index contributed by atoms with van der Waals surface area (Å²) in [5.74, 6) is 3.24. The number of piperidine rings is 1. The standard InChI is InChI=1S/C18H30N4O3S/c1-13-8-21(9-14(2)24-13)10-16-4-6-22(7-5-16)18(23)12-26-11-17-19-15(3)25-20-17/h13-14,16H,4-12H2,1-3H3. The number of carbonyl (C=O) groups excluding carboxylic acids is 1. The van der Waals surface area contributed by atoms with Gasteiger partial charge in [-0.15, -0.1) is 11.8 Å². The Balaban J connectivity index is 1.34. The van der Waals surface area contributed by atoms with Gasteiger partial charge in [0.25, 0.3) is 0 Å². The Bertz CT molecular complexity index is 579. The summed E-state index contributed by atoms with van der Waals surface area (Å²) in [7, 11) is 0. The lowest BCUT2D eigenvalue weighted by Gasteiger charge is -2.39. The van der Waals surface area contributed by atoms with Crippen LogP contribution in [0.4, 0.5) is 0 Å². The molecular weight excluding hydrogens is 352 g/mol. The maximum Gasteiger partial charge on any atom is 0.232 e. The van der Waals surface area contributed by atoms with Gasteiger partial charge in [0.1, 0.15) is 0 Å². The van der Waals surface area contributed by atoms with E-state index >= 15 is 0 Å². The minimum Gasteiger partial charge on any atom is -0.373 e. The minimum atomic E-state index is 0.224. The summed E-state index contributed by atoms with van der Waals surface area (Å²) >= 11 is 1.55. The molecule has 1 amide bonds. The van der Waals surface area contributed by atoms with E-state index in [0.29, 0.717) is 41.3 Å². The van der Waals surface area contributed by atoms with E-state index in [-0.39, 0.29) is 5.91 Å². The Morgan fingerprint density at radius 3 is 2.54 bits per heavy atom. The zero-order chi connectivity index (χ0) is 18.5. The van der Waals surface area contributed by atoms with E-state index in [2.05, 4.69) is 28.9 Å². The third-order valence-electron chi connectivity index (χ3n) is 5.01. The molecule has 2 atom stereocenters. The van der Waals surface area contributed by atoms with E-state index in [1.54, 1.807) is 18.7 Å². The first-order valence-electron chi connectivity index (χ1n) is 9.52. The molecule has 7 nitrogen and oxygen atoms in total. The van der Waals surface area contributed by atoms with E-state index in [9.17, 15) is 4.79 Å². The first kappa shape index (κ1) is 19.6. The van der Waals surface area contributed by atoms with Gasteiger partial charge in [0.2, 0.25) is 11.8 Å². The van der Waals surface area contributed by atoms with E-state index in [1.165, 1.54) is 0 Å². The number of amides is 1. The molecule has 2 fully saturated rings. The molecule has 0 aliphatic carbocycles. The van der Waals surface area contributed by atoms with Gasteiger partial charge < -0.3 is 14.2 Å². The number of hydrogen-bond donors (Lipinski definition) is 0. The summed E-state index contributed by atoms with van der Waals surface area (Å²) < 4.78 is 10.8. The van der Waals surface area contributed by atoms with Gasteiger partial charge in [0, 0.05) is 39.6 Å². The number of hydrogen-bond acceptors (Lipinski definition) is 7. The molecule has 1 aromatic heterocycles.